The Hall–Kier alpha value is -1.55. The zero-order chi connectivity index (χ0) is 26.4. The fourth-order valence-electron chi connectivity index (χ4n) is 6.09. The molecule has 3 fully saturated rings. The van der Waals surface area contributed by atoms with Gasteiger partial charge >= 0.3 is 5.97 Å². The highest BCUT2D eigenvalue weighted by Crippen LogP contribution is 2.68. The van der Waals surface area contributed by atoms with Gasteiger partial charge in [0.1, 0.15) is 6.04 Å². The minimum atomic E-state index is -0.889. The molecule has 1 N–H and O–H groups in total. The number of nitrogens with zero attached hydrogens (tertiary/aromatic N) is 2. The maximum absolute atomic E-state index is 14.5. The zero-order valence-corrected chi connectivity index (χ0v) is 23.8. The standard InChI is InChI=1S/C26H32BrClN2O5S/c1-5-11-29(17-10-8-7-9-16(17)28)24(33)22-26-12-15(27)21(36-26)19(25(34)35-6-2)20(26)23(32)30(22)18(13-31)14(3)4/h5,7-10,14-15,18-22,31H,1,6,11-13H2,2-4H3/t15?,18-,19-,20-,21-,22?,26?/m0/s1. The predicted octanol–water partition coefficient (Wildman–Crippen LogP) is 3.90. The summed E-state index contributed by atoms with van der Waals surface area (Å²) in [5, 5.41) is 10.6. The lowest BCUT2D eigenvalue weighted by Crippen LogP contribution is -2.59. The van der Waals surface area contributed by atoms with E-state index in [4.69, 9.17) is 16.3 Å². The lowest BCUT2D eigenvalue weighted by atomic mass is 9.71. The van der Waals surface area contributed by atoms with Crippen molar-refractivity contribution in [3.63, 3.8) is 0 Å². The number of likely N-dealkylation sites (tertiary alicyclic amines) is 1. The summed E-state index contributed by atoms with van der Waals surface area (Å²) in [4.78, 5) is 44.9. The van der Waals surface area contributed by atoms with Crippen molar-refractivity contribution in [3.8, 4) is 0 Å². The number of hydrogen-bond acceptors (Lipinski definition) is 6. The minimum absolute atomic E-state index is 0.0593. The van der Waals surface area contributed by atoms with Crippen LogP contribution in [0.4, 0.5) is 5.69 Å². The number of esters is 1. The van der Waals surface area contributed by atoms with E-state index in [0.717, 1.165) is 0 Å². The van der Waals surface area contributed by atoms with Crippen molar-refractivity contribution in [2.24, 2.45) is 17.8 Å². The lowest BCUT2D eigenvalue weighted by molar-refractivity contribution is -0.154. The van der Waals surface area contributed by atoms with E-state index < -0.39 is 34.6 Å². The first-order chi connectivity index (χ1) is 17.1. The maximum Gasteiger partial charge on any atom is 0.310 e. The van der Waals surface area contributed by atoms with Gasteiger partial charge in [-0.1, -0.05) is 59.6 Å². The van der Waals surface area contributed by atoms with Gasteiger partial charge in [0.15, 0.2) is 0 Å². The van der Waals surface area contributed by atoms with Crippen molar-refractivity contribution in [2.45, 2.75) is 54.1 Å². The van der Waals surface area contributed by atoms with Crippen LogP contribution in [0.15, 0.2) is 36.9 Å². The van der Waals surface area contributed by atoms with Crippen molar-refractivity contribution < 1.29 is 24.2 Å². The smallest absolute Gasteiger partial charge is 0.310 e. The van der Waals surface area contributed by atoms with E-state index in [1.807, 2.05) is 13.8 Å². The Morgan fingerprint density at radius 2 is 2.11 bits per heavy atom. The third-order valence-electron chi connectivity index (χ3n) is 7.55. The Morgan fingerprint density at radius 3 is 2.69 bits per heavy atom. The monoisotopic (exact) mass is 598 g/mol. The highest BCUT2D eigenvalue weighted by atomic mass is 79.9. The molecule has 4 rings (SSSR count). The molecule has 2 bridgehead atoms. The Kier molecular flexibility index (Phi) is 8.15. The molecule has 2 amide bonds. The van der Waals surface area contributed by atoms with Gasteiger partial charge < -0.3 is 19.6 Å². The Balaban J connectivity index is 1.87. The average molecular weight is 600 g/mol. The fraction of sp³-hybridized carbons (Fsp3) is 0.577. The molecule has 0 radical (unpaired) electrons. The molecular weight excluding hydrogens is 568 g/mol. The topological polar surface area (TPSA) is 87.2 Å². The van der Waals surface area contributed by atoms with Gasteiger partial charge in [0.05, 0.1) is 46.5 Å². The molecule has 3 unspecified atom stereocenters. The molecule has 1 aromatic carbocycles. The molecule has 36 heavy (non-hydrogen) atoms. The summed E-state index contributed by atoms with van der Waals surface area (Å²) in [6, 6.07) is 5.59. The van der Waals surface area contributed by atoms with Gasteiger partial charge in [-0.3, -0.25) is 14.4 Å². The summed E-state index contributed by atoms with van der Waals surface area (Å²) in [5.41, 5.74) is 0.524. The molecule has 7 atom stereocenters. The van der Waals surface area contributed by atoms with Crippen LogP contribution in [0.25, 0.3) is 0 Å². The van der Waals surface area contributed by atoms with Crippen molar-refractivity contribution in [3.05, 3.63) is 41.9 Å². The lowest BCUT2D eigenvalue weighted by Gasteiger charge is -2.41. The molecule has 10 heteroatoms. The van der Waals surface area contributed by atoms with Gasteiger partial charge in [-0.2, -0.15) is 0 Å². The highest BCUT2D eigenvalue weighted by molar-refractivity contribution is 9.09. The number of aliphatic hydroxyl groups is 1. The SMILES string of the molecule is C=CCN(C(=O)C1N([C@@H](CO)C(C)C)C(=O)[C@@H]2[C@H](C(=O)OCC)[C@H]3SC12CC3Br)c1ccccc1Cl. The molecule has 3 aliphatic heterocycles. The molecule has 3 saturated heterocycles. The molecular formula is C26H32BrClN2O5S. The molecule has 0 saturated carbocycles. The number of hydrogen-bond donors (Lipinski definition) is 1. The number of benzene rings is 1. The number of aliphatic hydroxyl groups excluding tert-OH is 1. The van der Waals surface area contributed by atoms with Crippen LogP contribution in [0.1, 0.15) is 27.2 Å². The summed E-state index contributed by atoms with van der Waals surface area (Å²) in [5.74, 6) is -2.46. The van der Waals surface area contributed by atoms with E-state index in [2.05, 4.69) is 22.5 Å². The van der Waals surface area contributed by atoms with E-state index in [-0.39, 0.29) is 47.6 Å². The second kappa shape index (κ2) is 10.7. The van der Waals surface area contributed by atoms with Crippen molar-refractivity contribution in [2.75, 3.05) is 24.7 Å². The summed E-state index contributed by atoms with van der Waals surface area (Å²) in [6.07, 6.45) is 2.17. The first kappa shape index (κ1) is 27.5. The summed E-state index contributed by atoms with van der Waals surface area (Å²) >= 11 is 11.8. The normalized spacial score (nSPS) is 31.5. The Labute approximate surface area is 229 Å². The third-order valence-corrected chi connectivity index (χ3v) is 11.1. The minimum Gasteiger partial charge on any atom is -0.466 e. The largest absolute Gasteiger partial charge is 0.466 e. The summed E-state index contributed by atoms with van der Waals surface area (Å²) in [6.45, 7) is 9.51. The molecule has 7 nitrogen and oxygen atoms in total. The number of para-hydroxylation sites is 1. The highest BCUT2D eigenvalue weighted by Gasteiger charge is 2.76. The van der Waals surface area contributed by atoms with Crippen LogP contribution in [0.3, 0.4) is 0 Å². The van der Waals surface area contributed by atoms with E-state index in [1.165, 1.54) is 0 Å². The number of thioether (sulfide) groups is 1. The number of fused-ring (bicyclic) bond motifs is 1. The number of carbonyl (C=O) groups is 3. The van der Waals surface area contributed by atoms with E-state index in [0.29, 0.717) is 17.1 Å². The van der Waals surface area contributed by atoms with Crippen LogP contribution in [0.5, 0.6) is 0 Å². The van der Waals surface area contributed by atoms with Crippen LogP contribution in [0, 0.1) is 17.8 Å². The molecule has 1 spiro atoms. The molecule has 0 aromatic heterocycles. The van der Waals surface area contributed by atoms with Crippen molar-refractivity contribution >= 4 is 62.8 Å². The van der Waals surface area contributed by atoms with Crippen molar-refractivity contribution in [1.82, 2.24) is 4.90 Å². The molecule has 1 aromatic rings. The predicted molar refractivity (Wildman–Crippen MR) is 145 cm³/mol. The van der Waals surface area contributed by atoms with E-state index in [1.54, 1.807) is 58.8 Å². The van der Waals surface area contributed by atoms with Crippen LogP contribution in [0.2, 0.25) is 5.02 Å². The van der Waals surface area contributed by atoms with Gasteiger partial charge in [0.2, 0.25) is 5.91 Å². The number of rotatable bonds is 9. The Morgan fingerprint density at radius 1 is 1.42 bits per heavy atom. The van der Waals surface area contributed by atoms with Crippen LogP contribution in [-0.4, -0.2) is 74.5 Å². The van der Waals surface area contributed by atoms with E-state index in [9.17, 15) is 19.5 Å². The fourth-order valence-corrected chi connectivity index (χ4v) is 9.91. The van der Waals surface area contributed by atoms with Crippen LogP contribution >= 0.6 is 39.3 Å². The Bertz CT molecular complexity index is 1060. The number of anilines is 1. The zero-order valence-electron chi connectivity index (χ0n) is 20.6. The number of carbonyl (C=O) groups excluding carboxylic acids is 3. The second-order valence-corrected chi connectivity index (χ2v) is 13.0. The average Bonchev–Trinajstić information content (AvgIpc) is 3.42. The molecule has 0 aliphatic carbocycles. The summed E-state index contributed by atoms with van der Waals surface area (Å²) in [7, 11) is 0. The number of amides is 2. The summed E-state index contributed by atoms with van der Waals surface area (Å²) < 4.78 is 4.56. The first-order valence-corrected chi connectivity index (χ1v) is 14.4. The van der Waals surface area contributed by atoms with Gasteiger partial charge in [-0.25, -0.2) is 0 Å². The van der Waals surface area contributed by atoms with Gasteiger partial charge in [0, 0.05) is 16.6 Å². The maximum atomic E-state index is 14.5. The van der Waals surface area contributed by atoms with Crippen LogP contribution in [-0.2, 0) is 19.1 Å². The second-order valence-electron chi connectivity index (χ2n) is 9.84. The van der Waals surface area contributed by atoms with Crippen molar-refractivity contribution in [1.29, 1.82) is 0 Å². The molecule has 3 aliphatic rings. The van der Waals surface area contributed by atoms with Gasteiger partial charge in [-0.15, -0.1) is 18.3 Å². The number of ether oxygens (including phenoxy) is 1. The van der Waals surface area contributed by atoms with Gasteiger partial charge in [0.25, 0.3) is 5.91 Å². The van der Waals surface area contributed by atoms with Gasteiger partial charge in [-0.05, 0) is 31.4 Å². The quantitative estimate of drug-likeness (QED) is 0.263. The number of halogens is 2. The first-order valence-electron chi connectivity index (χ1n) is 12.2. The third kappa shape index (κ3) is 4.20. The molecule has 3 heterocycles. The van der Waals surface area contributed by atoms with E-state index >= 15 is 0 Å². The molecule has 196 valence electrons. The number of alkyl halides is 1. The van der Waals surface area contributed by atoms with Crippen LogP contribution < -0.4 is 4.90 Å².